The van der Waals surface area contributed by atoms with Gasteiger partial charge in [-0.05, 0) is 51.3 Å². The largest absolute Gasteiger partial charge is 0.494 e. The van der Waals surface area contributed by atoms with E-state index in [0.717, 1.165) is 41.7 Å². The first-order valence-electron chi connectivity index (χ1n) is 9.97. The molecule has 1 aliphatic rings. The van der Waals surface area contributed by atoms with Crippen LogP contribution in [-0.4, -0.2) is 33.8 Å². The number of carbonyl (C=O) groups is 1. The first kappa shape index (κ1) is 18.5. The van der Waals surface area contributed by atoms with Crippen molar-refractivity contribution < 1.29 is 9.53 Å². The molecule has 28 heavy (non-hydrogen) atoms. The number of para-hydroxylation sites is 1. The second kappa shape index (κ2) is 8.00. The van der Waals surface area contributed by atoms with E-state index in [1.807, 2.05) is 41.1 Å². The highest BCUT2D eigenvalue weighted by atomic mass is 16.5. The van der Waals surface area contributed by atoms with Gasteiger partial charge in [0.15, 0.2) is 5.65 Å². The SMILES string of the molecule is CC(C)n1ncc2c(C(=O)NCCCOc3ccccc3)cc(C3CC3)nc21. The highest BCUT2D eigenvalue weighted by Gasteiger charge is 2.28. The van der Waals surface area contributed by atoms with Gasteiger partial charge in [-0.1, -0.05) is 18.2 Å². The Labute approximate surface area is 164 Å². The molecule has 1 saturated carbocycles. The molecule has 0 aliphatic heterocycles. The zero-order chi connectivity index (χ0) is 19.5. The van der Waals surface area contributed by atoms with E-state index < -0.39 is 0 Å². The van der Waals surface area contributed by atoms with Gasteiger partial charge in [-0.15, -0.1) is 0 Å². The topological polar surface area (TPSA) is 69.0 Å². The first-order chi connectivity index (χ1) is 13.6. The first-order valence-corrected chi connectivity index (χ1v) is 9.97. The van der Waals surface area contributed by atoms with Crippen LogP contribution >= 0.6 is 0 Å². The molecule has 4 rings (SSSR count). The molecule has 1 aromatic carbocycles. The Morgan fingerprint density at radius 2 is 2.07 bits per heavy atom. The minimum Gasteiger partial charge on any atom is -0.494 e. The Bertz CT molecular complexity index is 961. The zero-order valence-electron chi connectivity index (χ0n) is 16.4. The van der Waals surface area contributed by atoms with Gasteiger partial charge >= 0.3 is 0 Å². The summed E-state index contributed by atoms with van der Waals surface area (Å²) in [4.78, 5) is 17.7. The fraction of sp³-hybridized carbons (Fsp3) is 0.409. The molecule has 1 aliphatic carbocycles. The highest BCUT2D eigenvalue weighted by molar-refractivity contribution is 6.05. The molecule has 6 heteroatoms. The van der Waals surface area contributed by atoms with Crippen molar-refractivity contribution in [2.45, 2.75) is 45.1 Å². The van der Waals surface area contributed by atoms with Crippen molar-refractivity contribution in [2.75, 3.05) is 13.2 Å². The lowest BCUT2D eigenvalue weighted by molar-refractivity contribution is 0.0953. The van der Waals surface area contributed by atoms with Gasteiger partial charge in [0.2, 0.25) is 0 Å². The van der Waals surface area contributed by atoms with Gasteiger partial charge in [0, 0.05) is 24.2 Å². The molecule has 6 nitrogen and oxygen atoms in total. The van der Waals surface area contributed by atoms with Gasteiger partial charge in [0.05, 0.1) is 23.8 Å². The number of carbonyl (C=O) groups excluding carboxylic acids is 1. The Balaban J connectivity index is 1.43. The van der Waals surface area contributed by atoms with Crippen LogP contribution in [0.15, 0.2) is 42.6 Å². The lowest BCUT2D eigenvalue weighted by Gasteiger charge is -2.11. The molecule has 1 fully saturated rings. The van der Waals surface area contributed by atoms with E-state index in [9.17, 15) is 4.79 Å². The number of nitrogens with one attached hydrogen (secondary N) is 1. The van der Waals surface area contributed by atoms with Crippen molar-refractivity contribution in [3.63, 3.8) is 0 Å². The number of hydrogen-bond donors (Lipinski definition) is 1. The molecule has 0 unspecified atom stereocenters. The summed E-state index contributed by atoms with van der Waals surface area (Å²) in [5, 5.41) is 8.29. The quantitative estimate of drug-likeness (QED) is 0.600. The van der Waals surface area contributed by atoms with Gasteiger partial charge < -0.3 is 10.1 Å². The Morgan fingerprint density at radius 1 is 1.29 bits per heavy atom. The predicted molar refractivity (Wildman–Crippen MR) is 109 cm³/mol. The van der Waals surface area contributed by atoms with E-state index >= 15 is 0 Å². The van der Waals surface area contributed by atoms with Crippen LogP contribution in [0.25, 0.3) is 11.0 Å². The van der Waals surface area contributed by atoms with Crippen LogP contribution in [0.2, 0.25) is 0 Å². The van der Waals surface area contributed by atoms with Crippen molar-refractivity contribution in [3.8, 4) is 5.75 Å². The summed E-state index contributed by atoms with van der Waals surface area (Å²) in [5.74, 6) is 1.25. The van der Waals surface area contributed by atoms with Gasteiger partial charge in [-0.3, -0.25) is 4.79 Å². The molecule has 0 atom stereocenters. The van der Waals surface area contributed by atoms with E-state index in [2.05, 4.69) is 24.3 Å². The average Bonchev–Trinajstić information content (AvgIpc) is 3.46. The maximum Gasteiger partial charge on any atom is 0.252 e. The van der Waals surface area contributed by atoms with Crippen molar-refractivity contribution in [1.29, 1.82) is 0 Å². The van der Waals surface area contributed by atoms with E-state index in [-0.39, 0.29) is 11.9 Å². The van der Waals surface area contributed by atoms with Gasteiger partial charge in [-0.2, -0.15) is 5.10 Å². The molecule has 3 aromatic rings. The van der Waals surface area contributed by atoms with E-state index in [4.69, 9.17) is 9.72 Å². The second-order valence-corrected chi connectivity index (χ2v) is 7.56. The third-order valence-corrected chi connectivity index (χ3v) is 4.93. The molecule has 2 aromatic heterocycles. The fourth-order valence-corrected chi connectivity index (χ4v) is 3.27. The lowest BCUT2D eigenvalue weighted by Crippen LogP contribution is -2.26. The van der Waals surface area contributed by atoms with Crippen LogP contribution in [0, 0.1) is 0 Å². The number of rotatable bonds is 8. The number of amides is 1. The summed E-state index contributed by atoms with van der Waals surface area (Å²) in [7, 11) is 0. The molecule has 1 amide bonds. The van der Waals surface area contributed by atoms with Crippen molar-refractivity contribution in [2.24, 2.45) is 0 Å². The summed E-state index contributed by atoms with van der Waals surface area (Å²) in [6, 6.07) is 11.9. The van der Waals surface area contributed by atoms with Crippen LogP contribution in [-0.2, 0) is 0 Å². The Morgan fingerprint density at radius 3 is 2.79 bits per heavy atom. The monoisotopic (exact) mass is 378 g/mol. The molecule has 146 valence electrons. The average molecular weight is 378 g/mol. The molecule has 0 bridgehead atoms. The third kappa shape index (κ3) is 4.01. The Kier molecular flexibility index (Phi) is 5.28. The smallest absolute Gasteiger partial charge is 0.252 e. The zero-order valence-corrected chi connectivity index (χ0v) is 16.4. The minimum atomic E-state index is -0.0719. The van der Waals surface area contributed by atoms with Crippen molar-refractivity contribution in [3.05, 3.63) is 53.9 Å². The number of benzene rings is 1. The van der Waals surface area contributed by atoms with Crippen LogP contribution in [0.1, 0.15) is 61.1 Å². The second-order valence-electron chi connectivity index (χ2n) is 7.56. The molecule has 0 radical (unpaired) electrons. The summed E-state index contributed by atoms with van der Waals surface area (Å²) >= 11 is 0. The van der Waals surface area contributed by atoms with Gasteiger partial charge in [-0.25, -0.2) is 9.67 Å². The highest BCUT2D eigenvalue weighted by Crippen LogP contribution is 2.40. The molecular weight excluding hydrogens is 352 g/mol. The van der Waals surface area contributed by atoms with E-state index in [1.54, 1.807) is 6.20 Å². The molecular formula is C22H26N4O2. The number of pyridine rings is 1. The fourth-order valence-electron chi connectivity index (χ4n) is 3.27. The van der Waals surface area contributed by atoms with Crippen LogP contribution in [0.4, 0.5) is 0 Å². The predicted octanol–water partition coefficient (Wildman–Crippen LogP) is 4.09. The normalized spacial score (nSPS) is 13.8. The van der Waals surface area contributed by atoms with E-state index in [0.29, 0.717) is 24.6 Å². The number of hydrogen-bond acceptors (Lipinski definition) is 4. The van der Waals surface area contributed by atoms with Gasteiger partial charge in [0.25, 0.3) is 5.91 Å². The third-order valence-electron chi connectivity index (χ3n) is 4.93. The maximum absolute atomic E-state index is 12.8. The summed E-state index contributed by atoms with van der Waals surface area (Å²) < 4.78 is 7.57. The van der Waals surface area contributed by atoms with E-state index in [1.165, 1.54) is 0 Å². The summed E-state index contributed by atoms with van der Waals surface area (Å²) in [5.41, 5.74) is 2.48. The summed E-state index contributed by atoms with van der Waals surface area (Å²) in [6.07, 6.45) is 4.79. The Hall–Kier alpha value is -2.89. The lowest BCUT2D eigenvalue weighted by atomic mass is 10.1. The number of nitrogens with zero attached hydrogens (tertiary/aromatic N) is 3. The molecule has 2 heterocycles. The molecule has 1 N–H and O–H groups in total. The molecule has 0 spiro atoms. The van der Waals surface area contributed by atoms with Crippen LogP contribution in [0.3, 0.4) is 0 Å². The van der Waals surface area contributed by atoms with Crippen LogP contribution in [0.5, 0.6) is 5.75 Å². The van der Waals surface area contributed by atoms with Crippen molar-refractivity contribution in [1.82, 2.24) is 20.1 Å². The maximum atomic E-state index is 12.8. The number of ether oxygens (including phenoxy) is 1. The number of fused-ring (bicyclic) bond motifs is 1. The standard InChI is InChI=1S/C22H26N4O2/c1-15(2)26-21-19(14-24-26)18(13-20(25-21)16-9-10-16)22(27)23-11-6-12-28-17-7-4-3-5-8-17/h3-5,7-8,13-16H,6,9-12H2,1-2H3,(H,23,27). The van der Waals surface area contributed by atoms with Crippen molar-refractivity contribution >= 4 is 16.9 Å². The van der Waals surface area contributed by atoms with Gasteiger partial charge in [0.1, 0.15) is 5.75 Å². The van der Waals surface area contributed by atoms with Crippen LogP contribution < -0.4 is 10.1 Å². The summed E-state index contributed by atoms with van der Waals surface area (Å²) in [6.45, 7) is 5.27. The molecule has 0 saturated heterocycles. The number of aromatic nitrogens is 3. The minimum absolute atomic E-state index is 0.0719.